The van der Waals surface area contributed by atoms with Crippen molar-refractivity contribution in [2.75, 3.05) is 17.1 Å². The van der Waals surface area contributed by atoms with Crippen LogP contribution in [0.1, 0.15) is 29.3 Å². The van der Waals surface area contributed by atoms with Gasteiger partial charge in [0.2, 0.25) is 10.0 Å². The van der Waals surface area contributed by atoms with Crippen molar-refractivity contribution in [1.82, 2.24) is 15.1 Å². The molecular formula is C24H30N4O4S. The number of carbonyl (C=O) groups excluding carboxylic acids is 1. The van der Waals surface area contributed by atoms with Crippen LogP contribution in [-0.2, 0) is 23.0 Å². The van der Waals surface area contributed by atoms with Gasteiger partial charge in [0, 0.05) is 25.0 Å². The van der Waals surface area contributed by atoms with Crippen molar-refractivity contribution in [2.24, 2.45) is 0 Å². The van der Waals surface area contributed by atoms with Crippen molar-refractivity contribution in [3.63, 3.8) is 0 Å². The third-order valence-corrected chi connectivity index (χ3v) is 7.33. The number of carbonyl (C=O) groups is 1. The fourth-order valence-electron chi connectivity index (χ4n) is 3.53. The SMILES string of the molecule is CCCS(=O)(=O)N(C)c1cccc(C(=O)NC(Cc2ccccc2)C(O)Cn2cccn2)c1. The molecule has 9 heteroatoms. The minimum absolute atomic E-state index is 0.0265. The maximum Gasteiger partial charge on any atom is 0.251 e. The van der Waals surface area contributed by atoms with Gasteiger partial charge in [0.15, 0.2) is 0 Å². The molecule has 1 amide bonds. The van der Waals surface area contributed by atoms with Crippen LogP contribution >= 0.6 is 0 Å². The Labute approximate surface area is 194 Å². The number of hydrogen-bond donors (Lipinski definition) is 2. The topological polar surface area (TPSA) is 105 Å². The molecule has 0 aliphatic carbocycles. The van der Waals surface area contributed by atoms with Gasteiger partial charge in [-0.15, -0.1) is 0 Å². The first-order valence-electron chi connectivity index (χ1n) is 10.9. The van der Waals surface area contributed by atoms with Gasteiger partial charge in [-0.05, 0) is 42.7 Å². The van der Waals surface area contributed by atoms with Crippen LogP contribution in [-0.4, -0.2) is 54.2 Å². The zero-order valence-electron chi connectivity index (χ0n) is 18.8. The van der Waals surface area contributed by atoms with Crippen LogP contribution in [0.5, 0.6) is 0 Å². The van der Waals surface area contributed by atoms with Gasteiger partial charge in [0.05, 0.1) is 30.1 Å². The molecular weight excluding hydrogens is 440 g/mol. The van der Waals surface area contributed by atoms with Crippen molar-refractivity contribution in [3.8, 4) is 0 Å². The minimum atomic E-state index is -3.46. The van der Waals surface area contributed by atoms with E-state index >= 15 is 0 Å². The molecule has 0 saturated carbocycles. The van der Waals surface area contributed by atoms with E-state index in [1.54, 1.807) is 54.3 Å². The molecule has 2 atom stereocenters. The zero-order chi connectivity index (χ0) is 23.8. The fourth-order valence-corrected chi connectivity index (χ4v) is 4.75. The quantitative estimate of drug-likeness (QED) is 0.448. The molecule has 0 radical (unpaired) electrons. The Bertz CT molecular complexity index is 1130. The first kappa shape index (κ1) is 24.5. The van der Waals surface area contributed by atoms with Gasteiger partial charge in [-0.1, -0.05) is 43.3 Å². The predicted octanol–water partition coefficient (Wildman–Crippen LogP) is 2.46. The van der Waals surface area contributed by atoms with Crippen molar-refractivity contribution in [3.05, 3.63) is 84.2 Å². The number of hydrogen-bond acceptors (Lipinski definition) is 5. The summed E-state index contributed by atoms with van der Waals surface area (Å²) in [5.74, 6) is -0.364. The summed E-state index contributed by atoms with van der Waals surface area (Å²) < 4.78 is 27.6. The van der Waals surface area contributed by atoms with Crippen molar-refractivity contribution < 1.29 is 18.3 Å². The van der Waals surface area contributed by atoms with E-state index in [9.17, 15) is 18.3 Å². The average Bonchev–Trinajstić information content (AvgIpc) is 3.32. The molecule has 1 aromatic heterocycles. The molecule has 0 bridgehead atoms. The molecule has 0 aliphatic rings. The molecule has 33 heavy (non-hydrogen) atoms. The van der Waals surface area contributed by atoms with Crippen molar-refractivity contribution in [1.29, 1.82) is 0 Å². The lowest BCUT2D eigenvalue weighted by atomic mass is 10.0. The van der Waals surface area contributed by atoms with Crippen molar-refractivity contribution in [2.45, 2.75) is 38.5 Å². The Morgan fingerprint density at radius 3 is 2.58 bits per heavy atom. The summed E-state index contributed by atoms with van der Waals surface area (Å²) in [4.78, 5) is 13.1. The first-order chi connectivity index (χ1) is 15.8. The lowest BCUT2D eigenvalue weighted by molar-refractivity contribution is 0.0780. The molecule has 1 heterocycles. The van der Waals surface area contributed by atoms with E-state index in [0.717, 1.165) is 5.56 Å². The van der Waals surface area contributed by atoms with Gasteiger partial charge in [-0.2, -0.15) is 5.10 Å². The Morgan fingerprint density at radius 1 is 1.15 bits per heavy atom. The second-order valence-electron chi connectivity index (χ2n) is 7.90. The van der Waals surface area contributed by atoms with Gasteiger partial charge in [0.25, 0.3) is 5.91 Å². The van der Waals surface area contributed by atoms with E-state index in [-0.39, 0.29) is 12.3 Å². The van der Waals surface area contributed by atoms with E-state index in [2.05, 4.69) is 10.4 Å². The van der Waals surface area contributed by atoms with Gasteiger partial charge in [0.1, 0.15) is 0 Å². The molecule has 2 unspecified atom stereocenters. The van der Waals surface area contributed by atoms with Crippen LogP contribution in [0, 0.1) is 0 Å². The molecule has 176 valence electrons. The standard InChI is InChI=1S/C24H30N4O4S/c1-3-15-33(31,32)27(2)21-12-7-11-20(17-21)24(30)26-22(16-19-9-5-4-6-10-19)23(29)18-28-14-8-13-25-28/h4-14,17,22-23,29H,3,15-16,18H2,1-2H3,(H,26,30). The second-order valence-corrected chi connectivity index (χ2v) is 10.0. The molecule has 2 N–H and O–H groups in total. The number of amides is 1. The largest absolute Gasteiger partial charge is 0.389 e. The summed E-state index contributed by atoms with van der Waals surface area (Å²) in [6, 6.07) is 17.3. The number of aromatic nitrogens is 2. The lowest BCUT2D eigenvalue weighted by Crippen LogP contribution is -2.46. The summed E-state index contributed by atoms with van der Waals surface area (Å²) in [6.45, 7) is 2.03. The summed E-state index contributed by atoms with van der Waals surface area (Å²) >= 11 is 0. The van der Waals surface area contributed by atoms with Crippen LogP contribution in [0.4, 0.5) is 5.69 Å². The second kappa shape index (κ2) is 11.1. The highest BCUT2D eigenvalue weighted by Gasteiger charge is 2.24. The monoisotopic (exact) mass is 470 g/mol. The van der Waals surface area contributed by atoms with Crippen LogP contribution in [0.25, 0.3) is 0 Å². The number of rotatable bonds is 11. The average molecular weight is 471 g/mol. The smallest absolute Gasteiger partial charge is 0.251 e. The van der Waals surface area contributed by atoms with E-state index in [0.29, 0.717) is 24.1 Å². The molecule has 3 aromatic rings. The summed E-state index contributed by atoms with van der Waals surface area (Å²) in [6.07, 6.45) is 3.43. The zero-order valence-corrected chi connectivity index (χ0v) is 19.6. The highest BCUT2D eigenvalue weighted by atomic mass is 32.2. The maximum atomic E-state index is 13.1. The molecule has 0 spiro atoms. The third kappa shape index (κ3) is 6.66. The van der Waals surface area contributed by atoms with Crippen LogP contribution in [0.3, 0.4) is 0 Å². The predicted molar refractivity (Wildman–Crippen MR) is 129 cm³/mol. The lowest BCUT2D eigenvalue weighted by Gasteiger charge is -2.25. The van der Waals surface area contributed by atoms with Gasteiger partial charge in [-0.25, -0.2) is 8.42 Å². The normalized spacial score (nSPS) is 13.3. The summed E-state index contributed by atoms with van der Waals surface area (Å²) in [7, 11) is -1.98. The van der Waals surface area contributed by atoms with Gasteiger partial charge < -0.3 is 10.4 Å². The van der Waals surface area contributed by atoms with Crippen LogP contribution in [0.2, 0.25) is 0 Å². The Kier molecular flexibility index (Phi) is 8.24. The molecule has 3 rings (SSSR count). The van der Waals surface area contributed by atoms with Gasteiger partial charge in [-0.3, -0.25) is 13.8 Å². The Hall–Kier alpha value is -3.17. The number of nitrogens with one attached hydrogen (secondary N) is 1. The highest BCUT2D eigenvalue weighted by molar-refractivity contribution is 7.92. The highest BCUT2D eigenvalue weighted by Crippen LogP contribution is 2.19. The van der Waals surface area contributed by atoms with Crippen LogP contribution < -0.4 is 9.62 Å². The first-order valence-corrected chi connectivity index (χ1v) is 12.5. The summed E-state index contributed by atoms with van der Waals surface area (Å²) in [5.41, 5.74) is 1.70. The number of sulfonamides is 1. The summed E-state index contributed by atoms with van der Waals surface area (Å²) in [5, 5.41) is 17.9. The number of aliphatic hydroxyl groups is 1. The molecule has 0 fully saturated rings. The van der Waals surface area contributed by atoms with E-state index < -0.39 is 28.1 Å². The van der Waals surface area contributed by atoms with E-state index in [1.165, 1.54) is 11.4 Å². The number of anilines is 1. The number of aliphatic hydroxyl groups excluding tert-OH is 1. The fraction of sp³-hybridized carbons (Fsp3) is 0.333. The molecule has 0 aliphatic heterocycles. The van der Waals surface area contributed by atoms with Crippen molar-refractivity contribution >= 4 is 21.6 Å². The van der Waals surface area contributed by atoms with E-state index in [1.807, 2.05) is 30.3 Å². The maximum absolute atomic E-state index is 13.1. The number of benzene rings is 2. The van der Waals surface area contributed by atoms with E-state index in [4.69, 9.17) is 0 Å². The molecule has 2 aromatic carbocycles. The third-order valence-electron chi connectivity index (χ3n) is 5.36. The molecule has 8 nitrogen and oxygen atoms in total. The Morgan fingerprint density at radius 2 is 1.91 bits per heavy atom. The van der Waals surface area contributed by atoms with Gasteiger partial charge >= 0.3 is 0 Å². The molecule has 0 saturated heterocycles. The van der Waals surface area contributed by atoms with Crippen LogP contribution in [0.15, 0.2) is 73.1 Å². The number of nitrogens with zero attached hydrogens (tertiary/aromatic N) is 3. The Balaban J connectivity index is 1.79. The minimum Gasteiger partial charge on any atom is -0.389 e.